The Hall–Kier alpha value is -3.80. The molecule has 2 amide bonds. The van der Waals surface area contributed by atoms with Crippen LogP contribution in [0.25, 0.3) is 0 Å². The van der Waals surface area contributed by atoms with Gasteiger partial charge in [-0.3, -0.25) is 9.59 Å². The molecule has 0 aliphatic heterocycles. The van der Waals surface area contributed by atoms with Crippen molar-refractivity contribution in [2.24, 2.45) is 0 Å². The molecular formula is C34H44N2O4. The van der Waals surface area contributed by atoms with Gasteiger partial charge in [0, 0.05) is 25.4 Å². The highest BCUT2D eigenvalue weighted by Crippen LogP contribution is 2.29. The van der Waals surface area contributed by atoms with Crippen LogP contribution in [0.15, 0.2) is 72.8 Å². The highest BCUT2D eigenvalue weighted by Gasteiger charge is 2.30. The summed E-state index contributed by atoms with van der Waals surface area (Å²) < 4.78 is 11.5. The largest absolute Gasteiger partial charge is 0.490 e. The molecule has 214 valence electrons. The van der Waals surface area contributed by atoms with Crippen LogP contribution < -0.4 is 14.8 Å². The molecule has 0 aliphatic carbocycles. The molecule has 0 unspecified atom stereocenters. The van der Waals surface area contributed by atoms with Crippen molar-refractivity contribution in [1.29, 1.82) is 0 Å². The monoisotopic (exact) mass is 544 g/mol. The van der Waals surface area contributed by atoms with E-state index in [9.17, 15) is 9.59 Å². The number of carbonyl (C=O) groups is 2. The van der Waals surface area contributed by atoms with Crippen LogP contribution >= 0.6 is 0 Å². The molecule has 0 fully saturated rings. The van der Waals surface area contributed by atoms with E-state index in [1.54, 1.807) is 4.90 Å². The van der Waals surface area contributed by atoms with Crippen LogP contribution in [0.5, 0.6) is 11.5 Å². The standard InChI is InChI=1S/C34H44N2O4/c1-6-26(5)35-34(38)30(22-27-14-10-9-11-15-27)36(24-29-16-12-13-25(4)21-29)33(37)20-18-28-17-19-31(39-7-2)32(23-28)40-8-3/h9-17,19,21,23,26,30H,6-8,18,20,22,24H2,1-5H3,(H,35,38)/t26-,30-/m1/s1. The van der Waals surface area contributed by atoms with Crippen molar-refractivity contribution in [3.63, 3.8) is 0 Å². The van der Waals surface area contributed by atoms with E-state index in [-0.39, 0.29) is 24.3 Å². The van der Waals surface area contributed by atoms with Crippen molar-refractivity contribution < 1.29 is 19.1 Å². The summed E-state index contributed by atoms with van der Waals surface area (Å²) in [4.78, 5) is 29.4. The van der Waals surface area contributed by atoms with Gasteiger partial charge in [-0.05, 0) is 69.4 Å². The summed E-state index contributed by atoms with van der Waals surface area (Å²) >= 11 is 0. The summed E-state index contributed by atoms with van der Waals surface area (Å²) in [6.07, 6.45) is 2.06. The Kier molecular flexibility index (Phi) is 12.1. The molecule has 40 heavy (non-hydrogen) atoms. The summed E-state index contributed by atoms with van der Waals surface area (Å²) in [7, 11) is 0. The third-order valence-electron chi connectivity index (χ3n) is 6.94. The molecule has 0 radical (unpaired) electrons. The fraction of sp³-hybridized carbons (Fsp3) is 0.412. The molecular weight excluding hydrogens is 500 g/mol. The number of hydrogen-bond donors (Lipinski definition) is 1. The van der Waals surface area contributed by atoms with Gasteiger partial charge in [0.25, 0.3) is 0 Å². The zero-order valence-electron chi connectivity index (χ0n) is 24.6. The Balaban J connectivity index is 1.91. The molecule has 1 N–H and O–H groups in total. The molecule has 0 spiro atoms. The first-order chi connectivity index (χ1) is 19.3. The Labute approximate surface area is 239 Å². The van der Waals surface area contributed by atoms with Gasteiger partial charge in [0.2, 0.25) is 11.8 Å². The smallest absolute Gasteiger partial charge is 0.243 e. The van der Waals surface area contributed by atoms with E-state index < -0.39 is 6.04 Å². The second-order valence-corrected chi connectivity index (χ2v) is 10.2. The quantitative estimate of drug-likeness (QED) is 0.245. The minimum atomic E-state index is -0.635. The lowest BCUT2D eigenvalue weighted by atomic mass is 10.0. The summed E-state index contributed by atoms with van der Waals surface area (Å²) in [6.45, 7) is 11.4. The number of ether oxygens (including phenoxy) is 2. The van der Waals surface area contributed by atoms with Crippen molar-refractivity contribution >= 4 is 11.8 Å². The maximum Gasteiger partial charge on any atom is 0.243 e. The predicted molar refractivity (Wildman–Crippen MR) is 161 cm³/mol. The molecule has 0 heterocycles. The van der Waals surface area contributed by atoms with Gasteiger partial charge in [-0.25, -0.2) is 0 Å². The van der Waals surface area contributed by atoms with E-state index in [4.69, 9.17) is 9.47 Å². The van der Waals surface area contributed by atoms with Gasteiger partial charge in [-0.15, -0.1) is 0 Å². The minimum Gasteiger partial charge on any atom is -0.490 e. The first-order valence-electron chi connectivity index (χ1n) is 14.4. The van der Waals surface area contributed by atoms with Crippen LogP contribution in [0.2, 0.25) is 0 Å². The fourth-order valence-corrected chi connectivity index (χ4v) is 4.65. The molecule has 3 rings (SSSR count). The average molecular weight is 545 g/mol. The lowest BCUT2D eigenvalue weighted by Gasteiger charge is -2.32. The maximum atomic E-state index is 14.0. The van der Waals surface area contributed by atoms with E-state index in [0.717, 1.165) is 28.7 Å². The SMILES string of the molecule is CCOc1ccc(CCC(=O)N(Cc2cccc(C)c2)[C@H](Cc2ccccc2)C(=O)N[C@H](C)CC)cc1OCC. The van der Waals surface area contributed by atoms with Gasteiger partial charge < -0.3 is 19.7 Å². The molecule has 6 nitrogen and oxygen atoms in total. The maximum absolute atomic E-state index is 14.0. The van der Waals surface area contributed by atoms with E-state index in [1.165, 1.54) is 0 Å². The molecule has 0 saturated heterocycles. The summed E-state index contributed by atoms with van der Waals surface area (Å²) in [5, 5.41) is 3.13. The number of carbonyl (C=O) groups excluding carboxylic acids is 2. The summed E-state index contributed by atoms with van der Waals surface area (Å²) in [5.74, 6) is 1.19. The summed E-state index contributed by atoms with van der Waals surface area (Å²) in [6, 6.07) is 23.2. The first-order valence-corrected chi connectivity index (χ1v) is 14.4. The lowest BCUT2D eigenvalue weighted by molar-refractivity contribution is -0.141. The van der Waals surface area contributed by atoms with Crippen molar-refractivity contribution in [3.05, 3.63) is 95.1 Å². The van der Waals surface area contributed by atoms with Crippen LogP contribution in [0, 0.1) is 6.92 Å². The topological polar surface area (TPSA) is 67.9 Å². The van der Waals surface area contributed by atoms with Crippen LogP contribution in [-0.4, -0.2) is 42.0 Å². The second kappa shape index (κ2) is 15.7. The van der Waals surface area contributed by atoms with Gasteiger partial charge in [0.1, 0.15) is 6.04 Å². The highest BCUT2D eigenvalue weighted by atomic mass is 16.5. The number of nitrogens with one attached hydrogen (secondary N) is 1. The molecule has 3 aromatic rings. The van der Waals surface area contributed by atoms with Crippen molar-refractivity contribution in [1.82, 2.24) is 10.2 Å². The zero-order chi connectivity index (χ0) is 28.9. The van der Waals surface area contributed by atoms with Crippen molar-refractivity contribution in [2.45, 2.75) is 78.9 Å². The number of nitrogens with zero attached hydrogens (tertiary/aromatic N) is 1. The van der Waals surface area contributed by atoms with Crippen LogP contribution in [0.3, 0.4) is 0 Å². The van der Waals surface area contributed by atoms with E-state index in [2.05, 4.69) is 11.4 Å². The third kappa shape index (κ3) is 9.15. The molecule has 6 heteroatoms. The Morgan fingerprint density at radius 2 is 1.52 bits per heavy atom. The first kappa shape index (κ1) is 30.7. The normalized spacial score (nSPS) is 12.3. The average Bonchev–Trinajstić information content (AvgIpc) is 2.95. The van der Waals surface area contributed by atoms with E-state index in [0.29, 0.717) is 44.1 Å². The van der Waals surface area contributed by atoms with Gasteiger partial charge in [-0.1, -0.05) is 73.2 Å². The van der Waals surface area contributed by atoms with Crippen LogP contribution in [0.4, 0.5) is 0 Å². The van der Waals surface area contributed by atoms with Crippen LogP contribution in [-0.2, 0) is 29.0 Å². The number of amides is 2. The molecule has 0 saturated carbocycles. The van der Waals surface area contributed by atoms with Crippen LogP contribution in [0.1, 0.15) is 62.8 Å². The van der Waals surface area contributed by atoms with Crippen molar-refractivity contribution in [3.8, 4) is 11.5 Å². The summed E-state index contributed by atoms with van der Waals surface area (Å²) in [5.41, 5.74) is 4.12. The van der Waals surface area contributed by atoms with Crippen molar-refractivity contribution in [2.75, 3.05) is 13.2 Å². The Bertz CT molecular complexity index is 1230. The van der Waals surface area contributed by atoms with Gasteiger partial charge >= 0.3 is 0 Å². The zero-order valence-corrected chi connectivity index (χ0v) is 24.6. The minimum absolute atomic E-state index is 0.0162. The number of rotatable bonds is 15. The molecule has 0 aromatic heterocycles. The van der Waals surface area contributed by atoms with Gasteiger partial charge in [-0.2, -0.15) is 0 Å². The molecule has 0 bridgehead atoms. The fourth-order valence-electron chi connectivity index (χ4n) is 4.65. The molecule has 2 atom stereocenters. The number of benzene rings is 3. The number of hydrogen-bond acceptors (Lipinski definition) is 4. The van der Waals surface area contributed by atoms with E-state index in [1.807, 2.05) is 101 Å². The van der Waals surface area contributed by atoms with Gasteiger partial charge in [0.15, 0.2) is 11.5 Å². The Morgan fingerprint density at radius 3 is 2.20 bits per heavy atom. The lowest BCUT2D eigenvalue weighted by Crippen LogP contribution is -2.52. The van der Waals surface area contributed by atoms with E-state index >= 15 is 0 Å². The second-order valence-electron chi connectivity index (χ2n) is 10.2. The molecule has 0 aliphatic rings. The predicted octanol–water partition coefficient (Wildman–Crippen LogP) is 6.28. The molecule has 3 aromatic carbocycles. The number of aryl methyl sites for hydroxylation is 2. The van der Waals surface area contributed by atoms with Gasteiger partial charge in [0.05, 0.1) is 13.2 Å². The highest BCUT2D eigenvalue weighted by molar-refractivity contribution is 5.88. The third-order valence-corrected chi connectivity index (χ3v) is 6.94. The Morgan fingerprint density at radius 1 is 0.825 bits per heavy atom.